The summed E-state index contributed by atoms with van der Waals surface area (Å²) in [5, 5.41) is 17.0. The summed E-state index contributed by atoms with van der Waals surface area (Å²) in [6.07, 6.45) is 1.79. The zero-order chi connectivity index (χ0) is 14.1. The number of nitrogens with one attached hydrogen (secondary N) is 1. The number of carboxylic acids is 1. The summed E-state index contributed by atoms with van der Waals surface area (Å²) in [7, 11) is 0. The molecule has 0 atom stereocenters. The number of rotatable bonds is 4. The summed E-state index contributed by atoms with van der Waals surface area (Å²) in [4.78, 5) is 11.4. The number of nitrogens with zero attached hydrogens (tertiary/aromatic N) is 2. The first-order valence-electron chi connectivity index (χ1n) is 6.77. The van der Waals surface area contributed by atoms with Crippen molar-refractivity contribution < 1.29 is 9.90 Å². The second-order valence-corrected chi connectivity index (χ2v) is 5.12. The quantitative estimate of drug-likeness (QED) is 0.896. The average Bonchev–Trinajstić information content (AvgIpc) is 2.97. The van der Waals surface area contributed by atoms with Crippen LogP contribution >= 0.6 is 0 Å². The maximum atomic E-state index is 11.4. The lowest BCUT2D eigenvalue weighted by Crippen LogP contribution is -2.08. The van der Waals surface area contributed by atoms with Crippen molar-refractivity contribution in [2.75, 3.05) is 5.32 Å². The predicted molar refractivity (Wildman–Crippen MR) is 76.0 cm³/mol. The van der Waals surface area contributed by atoms with Crippen LogP contribution in [0.5, 0.6) is 0 Å². The molecule has 0 fully saturated rings. The summed E-state index contributed by atoms with van der Waals surface area (Å²) >= 11 is 0. The third kappa shape index (κ3) is 2.27. The molecule has 20 heavy (non-hydrogen) atoms. The highest BCUT2D eigenvalue weighted by Crippen LogP contribution is 2.23. The van der Waals surface area contributed by atoms with Crippen molar-refractivity contribution >= 4 is 11.7 Å². The zero-order valence-electron chi connectivity index (χ0n) is 11.4. The Bertz CT molecular complexity index is 644. The van der Waals surface area contributed by atoms with Gasteiger partial charge < -0.3 is 10.4 Å². The van der Waals surface area contributed by atoms with Crippen molar-refractivity contribution in [3.05, 3.63) is 46.8 Å². The molecule has 104 valence electrons. The number of hydrogen-bond donors (Lipinski definition) is 2. The van der Waals surface area contributed by atoms with Crippen molar-refractivity contribution in [2.45, 2.75) is 32.9 Å². The van der Waals surface area contributed by atoms with Crippen molar-refractivity contribution in [1.82, 2.24) is 9.78 Å². The Labute approximate surface area is 117 Å². The Morgan fingerprint density at radius 3 is 2.85 bits per heavy atom. The van der Waals surface area contributed by atoms with E-state index in [0.29, 0.717) is 17.8 Å². The fourth-order valence-electron chi connectivity index (χ4n) is 2.61. The van der Waals surface area contributed by atoms with Crippen LogP contribution in [-0.2, 0) is 19.5 Å². The standard InChI is InChI=1S/C15H17N3O2/c1-10-4-6-11(7-5-10)16-9-12-14(15(19)20)13-3-2-8-18(13)17-12/h4-7,16H,2-3,8-9H2,1H3,(H,19,20). The van der Waals surface area contributed by atoms with Crippen LogP contribution in [-0.4, -0.2) is 20.9 Å². The van der Waals surface area contributed by atoms with Crippen molar-refractivity contribution in [3.8, 4) is 0 Å². The predicted octanol–water partition coefficient (Wildman–Crippen LogP) is 2.45. The fraction of sp³-hybridized carbons (Fsp3) is 0.333. The number of aromatic nitrogens is 2. The molecule has 5 nitrogen and oxygen atoms in total. The summed E-state index contributed by atoms with van der Waals surface area (Å²) in [5.74, 6) is -0.881. The molecule has 0 radical (unpaired) electrons. The Hall–Kier alpha value is -2.30. The number of anilines is 1. The van der Waals surface area contributed by atoms with Crippen molar-refractivity contribution in [3.63, 3.8) is 0 Å². The van der Waals surface area contributed by atoms with Gasteiger partial charge >= 0.3 is 5.97 Å². The lowest BCUT2D eigenvalue weighted by atomic mass is 10.1. The maximum Gasteiger partial charge on any atom is 0.339 e. The number of hydrogen-bond acceptors (Lipinski definition) is 3. The van der Waals surface area contributed by atoms with E-state index in [1.807, 2.05) is 35.9 Å². The molecule has 0 bridgehead atoms. The monoisotopic (exact) mass is 271 g/mol. The topological polar surface area (TPSA) is 67.2 Å². The molecule has 2 N–H and O–H groups in total. The van der Waals surface area contributed by atoms with Gasteiger partial charge in [0.15, 0.2) is 0 Å². The highest BCUT2D eigenvalue weighted by Gasteiger charge is 2.25. The molecule has 0 saturated carbocycles. The zero-order valence-corrected chi connectivity index (χ0v) is 11.4. The Morgan fingerprint density at radius 1 is 1.40 bits per heavy atom. The highest BCUT2D eigenvalue weighted by atomic mass is 16.4. The second kappa shape index (κ2) is 5.00. The first-order chi connectivity index (χ1) is 9.65. The van der Waals surface area contributed by atoms with Crippen LogP contribution in [0.4, 0.5) is 5.69 Å². The molecule has 2 heterocycles. The Balaban J connectivity index is 1.81. The fourth-order valence-corrected chi connectivity index (χ4v) is 2.61. The van der Waals surface area contributed by atoms with Crippen LogP contribution in [0.2, 0.25) is 0 Å². The second-order valence-electron chi connectivity index (χ2n) is 5.12. The van der Waals surface area contributed by atoms with Crippen LogP contribution in [0.1, 0.15) is 33.7 Å². The van der Waals surface area contributed by atoms with Gasteiger partial charge in [0.1, 0.15) is 5.56 Å². The largest absolute Gasteiger partial charge is 0.478 e. The molecule has 0 saturated heterocycles. The van der Waals surface area contributed by atoms with E-state index in [0.717, 1.165) is 30.8 Å². The number of aryl methyl sites for hydroxylation is 2. The molecule has 2 aromatic rings. The molecule has 0 unspecified atom stereocenters. The summed E-state index contributed by atoms with van der Waals surface area (Å²) < 4.78 is 1.83. The van der Waals surface area contributed by atoms with Gasteiger partial charge in [0.05, 0.1) is 17.9 Å². The van der Waals surface area contributed by atoms with E-state index in [2.05, 4.69) is 10.4 Å². The molecule has 5 heteroatoms. The van der Waals surface area contributed by atoms with E-state index in [9.17, 15) is 9.90 Å². The maximum absolute atomic E-state index is 11.4. The molecule has 3 rings (SSSR count). The van der Waals surface area contributed by atoms with Gasteiger partial charge in [-0.05, 0) is 31.9 Å². The van der Waals surface area contributed by atoms with Crippen molar-refractivity contribution in [1.29, 1.82) is 0 Å². The molecular formula is C15H17N3O2. The Kier molecular flexibility index (Phi) is 3.18. The lowest BCUT2D eigenvalue weighted by molar-refractivity contribution is 0.0694. The van der Waals surface area contributed by atoms with Gasteiger partial charge in [-0.15, -0.1) is 0 Å². The van der Waals surface area contributed by atoms with E-state index in [-0.39, 0.29) is 0 Å². The van der Waals surface area contributed by atoms with Crippen LogP contribution in [0.15, 0.2) is 24.3 Å². The molecule has 0 spiro atoms. The first kappa shape index (κ1) is 12.7. The van der Waals surface area contributed by atoms with Gasteiger partial charge in [-0.1, -0.05) is 17.7 Å². The summed E-state index contributed by atoms with van der Waals surface area (Å²) in [5.41, 5.74) is 4.02. The summed E-state index contributed by atoms with van der Waals surface area (Å²) in [6, 6.07) is 8.01. The molecule has 1 aromatic carbocycles. The average molecular weight is 271 g/mol. The van der Waals surface area contributed by atoms with Gasteiger partial charge in [0.25, 0.3) is 0 Å². The molecule has 1 aliphatic rings. The third-order valence-corrected chi connectivity index (χ3v) is 3.64. The minimum absolute atomic E-state index is 0.377. The van der Waals surface area contributed by atoms with E-state index in [1.165, 1.54) is 5.56 Å². The van der Waals surface area contributed by atoms with Gasteiger partial charge in [0, 0.05) is 12.2 Å². The first-order valence-corrected chi connectivity index (χ1v) is 6.77. The highest BCUT2D eigenvalue weighted by molar-refractivity contribution is 5.90. The Morgan fingerprint density at radius 2 is 2.15 bits per heavy atom. The van der Waals surface area contributed by atoms with E-state index in [1.54, 1.807) is 0 Å². The number of fused-ring (bicyclic) bond motifs is 1. The van der Waals surface area contributed by atoms with Crippen LogP contribution in [0, 0.1) is 6.92 Å². The van der Waals surface area contributed by atoms with Gasteiger partial charge in [-0.3, -0.25) is 4.68 Å². The third-order valence-electron chi connectivity index (χ3n) is 3.64. The smallest absolute Gasteiger partial charge is 0.339 e. The van der Waals surface area contributed by atoms with Crippen molar-refractivity contribution in [2.24, 2.45) is 0 Å². The summed E-state index contributed by atoms with van der Waals surface area (Å²) in [6.45, 7) is 3.29. The minimum atomic E-state index is -0.881. The van der Waals surface area contributed by atoms with Crippen LogP contribution < -0.4 is 5.32 Å². The normalized spacial score (nSPS) is 13.2. The number of benzene rings is 1. The molecule has 1 aromatic heterocycles. The number of carbonyl (C=O) groups is 1. The van der Waals surface area contributed by atoms with Gasteiger partial charge in [-0.2, -0.15) is 5.10 Å². The number of carboxylic acid groups (broad SMARTS) is 1. The van der Waals surface area contributed by atoms with E-state index < -0.39 is 5.97 Å². The molecular weight excluding hydrogens is 254 g/mol. The lowest BCUT2D eigenvalue weighted by Gasteiger charge is -2.06. The molecule has 0 aliphatic carbocycles. The van der Waals surface area contributed by atoms with Gasteiger partial charge in [0.2, 0.25) is 0 Å². The molecule has 1 aliphatic heterocycles. The van der Waals surface area contributed by atoms with E-state index >= 15 is 0 Å². The van der Waals surface area contributed by atoms with Gasteiger partial charge in [-0.25, -0.2) is 4.79 Å². The molecule has 0 amide bonds. The SMILES string of the molecule is Cc1ccc(NCc2nn3c(c2C(=O)O)CCC3)cc1. The minimum Gasteiger partial charge on any atom is -0.478 e. The van der Waals surface area contributed by atoms with Crippen LogP contribution in [0.25, 0.3) is 0 Å². The van der Waals surface area contributed by atoms with Crippen LogP contribution in [0.3, 0.4) is 0 Å². The van der Waals surface area contributed by atoms with E-state index in [4.69, 9.17) is 0 Å². The number of aromatic carboxylic acids is 1.